The third-order valence-corrected chi connectivity index (χ3v) is 0. The molecule has 0 rings (SSSR count). The van der Waals surface area contributed by atoms with Crippen LogP contribution in [0.5, 0.6) is 0 Å². The van der Waals surface area contributed by atoms with E-state index in [0.717, 1.165) is 0 Å². The maximum absolute atomic E-state index is 0. The van der Waals surface area contributed by atoms with E-state index in [-0.39, 0.29) is 55.2 Å². The summed E-state index contributed by atoms with van der Waals surface area (Å²) in [6, 6.07) is 0. The average Bonchev–Trinajstić information content (AvgIpc) is 0. The summed E-state index contributed by atoms with van der Waals surface area (Å²) in [5.74, 6) is 0. The molecule has 0 aliphatic carbocycles. The van der Waals surface area contributed by atoms with Gasteiger partial charge in [0.15, 0.2) is 0 Å². The number of hydrogen-bond acceptors (Lipinski definition) is 0. The van der Waals surface area contributed by atoms with E-state index < -0.39 is 0 Å². The van der Waals surface area contributed by atoms with Crippen LogP contribution in [0.4, 0.5) is 0 Å². The second-order valence-corrected chi connectivity index (χ2v) is 0. The summed E-state index contributed by atoms with van der Waals surface area (Å²) in [5, 5.41) is 0. The topological polar surface area (TPSA) is 31.5 Å². The van der Waals surface area contributed by atoms with E-state index >= 15 is 0 Å². The Hall–Kier alpha value is 1.37. The largest absolute Gasteiger partial charge is 1.00 e. The molecule has 4 heteroatoms. The summed E-state index contributed by atoms with van der Waals surface area (Å²) >= 11 is 0. The summed E-state index contributed by atoms with van der Waals surface area (Å²) in [4.78, 5) is 0. The Kier molecular flexibility index (Phi) is 363. The van der Waals surface area contributed by atoms with Crippen LogP contribution in [0.15, 0.2) is 0 Å². The number of rotatable bonds is 0. The number of halogens is 1. The van der Waals surface area contributed by atoms with Crippen molar-refractivity contribution in [3.8, 4) is 0 Å². The first-order chi connectivity index (χ1) is 0. The van der Waals surface area contributed by atoms with Gasteiger partial charge in [0.05, 0.1) is 0 Å². The van der Waals surface area contributed by atoms with Gasteiger partial charge in [-0.05, 0) is 0 Å². The van der Waals surface area contributed by atoms with Crippen molar-refractivity contribution in [2.24, 2.45) is 0 Å². The Morgan fingerprint density at radius 2 is 1.25 bits per heavy atom. The first-order valence-electron chi connectivity index (χ1n) is 0. The maximum atomic E-state index is 0. The van der Waals surface area contributed by atoms with Gasteiger partial charge in [0, 0.05) is 17.1 Å². The molecular formula is H4ClLiMnO. The maximum Gasteiger partial charge on any atom is 1.00 e. The predicted molar refractivity (Wildman–Crippen MR) is 12.0 cm³/mol. The normalized spacial score (nSPS) is 0. The van der Waals surface area contributed by atoms with Gasteiger partial charge in [0.25, 0.3) is 0 Å². The molecule has 0 atom stereocenters. The SMILES string of the molecule is Cl.O.[H-].[Li+].[Mn]. The molecule has 0 aliphatic heterocycles. The smallest absolute Gasteiger partial charge is 1.00 e. The van der Waals surface area contributed by atoms with Crippen LogP contribution in [-0.4, -0.2) is 5.48 Å². The van der Waals surface area contributed by atoms with Crippen molar-refractivity contribution in [3.05, 3.63) is 0 Å². The molecule has 1 nitrogen and oxygen atoms in total. The summed E-state index contributed by atoms with van der Waals surface area (Å²) in [5.41, 5.74) is 0. The molecule has 0 saturated carbocycles. The molecule has 0 saturated heterocycles. The molecule has 0 aliphatic rings. The van der Waals surface area contributed by atoms with E-state index in [9.17, 15) is 0 Å². The van der Waals surface area contributed by atoms with Gasteiger partial charge in [0.2, 0.25) is 0 Å². The predicted octanol–water partition coefficient (Wildman–Crippen LogP) is -3.29. The van der Waals surface area contributed by atoms with Crippen LogP contribution in [0, 0.1) is 0 Å². The fraction of sp³-hybridized carbons (Fsp3) is 0. The average molecular weight is 117 g/mol. The van der Waals surface area contributed by atoms with E-state index in [1.54, 1.807) is 0 Å². The standard InChI is InChI=1S/ClH.Li.Mn.H2O.H/h1H;;;1H2;/q;+1;;;-1. The van der Waals surface area contributed by atoms with Crippen LogP contribution < -0.4 is 18.9 Å². The van der Waals surface area contributed by atoms with E-state index in [1.807, 2.05) is 0 Å². The van der Waals surface area contributed by atoms with Gasteiger partial charge in [-0.15, -0.1) is 12.4 Å². The van der Waals surface area contributed by atoms with Gasteiger partial charge in [-0.3, -0.25) is 0 Å². The first-order valence-corrected chi connectivity index (χ1v) is 0. The van der Waals surface area contributed by atoms with E-state index in [0.29, 0.717) is 0 Å². The van der Waals surface area contributed by atoms with Crippen molar-refractivity contribution in [1.82, 2.24) is 0 Å². The first kappa shape index (κ1) is 54.8. The quantitative estimate of drug-likeness (QED) is 0.298. The molecule has 0 fully saturated rings. The van der Waals surface area contributed by atoms with Crippen LogP contribution in [0.25, 0.3) is 0 Å². The van der Waals surface area contributed by atoms with Crippen molar-refractivity contribution >= 4 is 12.4 Å². The van der Waals surface area contributed by atoms with Crippen molar-refractivity contribution in [2.75, 3.05) is 0 Å². The molecule has 0 spiro atoms. The molecule has 0 amide bonds. The second kappa shape index (κ2) is 26.5. The van der Waals surface area contributed by atoms with E-state index in [4.69, 9.17) is 0 Å². The Labute approximate surface area is 55.4 Å². The zero-order chi connectivity index (χ0) is 0. The molecule has 0 heterocycles. The zero-order valence-electron chi connectivity index (χ0n) is 3.29. The van der Waals surface area contributed by atoms with Gasteiger partial charge < -0.3 is 6.90 Å². The fourth-order valence-corrected chi connectivity index (χ4v) is 0. The molecule has 4 heavy (non-hydrogen) atoms. The van der Waals surface area contributed by atoms with Crippen LogP contribution in [0.2, 0.25) is 0 Å². The molecule has 0 aromatic carbocycles. The minimum Gasteiger partial charge on any atom is -1.00 e. The second-order valence-electron chi connectivity index (χ2n) is 0. The third-order valence-electron chi connectivity index (χ3n) is 0. The summed E-state index contributed by atoms with van der Waals surface area (Å²) < 4.78 is 0. The summed E-state index contributed by atoms with van der Waals surface area (Å²) in [6.07, 6.45) is 0. The Morgan fingerprint density at radius 1 is 1.25 bits per heavy atom. The summed E-state index contributed by atoms with van der Waals surface area (Å²) in [6.45, 7) is 0. The molecule has 0 aromatic heterocycles. The zero-order valence-corrected chi connectivity index (χ0v) is 4.28. The molecule has 0 aromatic rings. The minimum absolute atomic E-state index is 0. The molecule has 0 unspecified atom stereocenters. The van der Waals surface area contributed by atoms with Crippen molar-refractivity contribution in [3.63, 3.8) is 0 Å². The van der Waals surface area contributed by atoms with Crippen LogP contribution in [-0.2, 0) is 17.1 Å². The Morgan fingerprint density at radius 3 is 1.25 bits per heavy atom. The van der Waals surface area contributed by atoms with Gasteiger partial charge in [-0.2, -0.15) is 0 Å². The minimum atomic E-state index is 0. The van der Waals surface area contributed by atoms with Crippen molar-refractivity contribution in [1.29, 1.82) is 0 Å². The van der Waals surface area contributed by atoms with Gasteiger partial charge >= 0.3 is 18.9 Å². The van der Waals surface area contributed by atoms with Crippen LogP contribution >= 0.6 is 12.4 Å². The van der Waals surface area contributed by atoms with Crippen molar-refractivity contribution < 1.29 is 42.8 Å². The van der Waals surface area contributed by atoms with Gasteiger partial charge in [0.1, 0.15) is 0 Å². The van der Waals surface area contributed by atoms with Crippen LogP contribution in [0.1, 0.15) is 1.43 Å². The van der Waals surface area contributed by atoms with Crippen molar-refractivity contribution in [2.45, 2.75) is 0 Å². The molecule has 25 valence electrons. The third kappa shape index (κ3) is 10.1. The van der Waals surface area contributed by atoms with E-state index in [1.165, 1.54) is 0 Å². The fourth-order valence-electron chi connectivity index (χ4n) is 0. The molecule has 2 N–H and O–H groups in total. The summed E-state index contributed by atoms with van der Waals surface area (Å²) in [7, 11) is 0. The Balaban J connectivity index is 0. The molecule has 1 radical (unpaired) electrons. The van der Waals surface area contributed by atoms with E-state index in [2.05, 4.69) is 0 Å². The van der Waals surface area contributed by atoms with Crippen LogP contribution in [0.3, 0.4) is 0 Å². The Bertz CT molecular complexity index is 11.6. The molecule has 0 bridgehead atoms. The van der Waals surface area contributed by atoms with Gasteiger partial charge in [-0.1, -0.05) is 0 Å². The monoisotopic (exact) mass is 117 g/mol. The molecular weight excluding hydrogens is 113 g/mol. The van der Waals surface area contributed by atoms with Gasteiger partial charge in [-0.25, -0.2) is 0 Å². The number of hydrogen-bond donors (Lipinski definition) is 0.